The van der Waals surface area contributed by atoms with Gasteiger partial charge in [-0.05, 0) is 30.3 Å². The molecule has 0 aliphatic carbocycles. The second kappa shape index (κ2) is 11.1. The largest absolute Gasteiger partial charge is 0.416 e. The zero-order valence-electron chi connectivity index (χ0n) is 18.7. The number of anilines is 2. The van der Waals surface area contributed by atoms with E-state index in [2.05, 4.69) is 10.4 Å². The number of alkyl halides is 6. The summed E-state index contributed by atoms with van der Waals surface area (Å²) in [6.45, 7) is 0. The first-order valence-corrected chi connectivity index (χ1v) is 10.4. The Morgan fingerprint density at radius 3 is 2.03 bits per heavy atom. The number of hydrogen-bond donors (Lipinski definition) is 2. The van der Waals surface area contributed by atoms with Crippen LogP contribution in [0.3, 0.4) is 0 Å². The summed E-state index contributed by atoms with van der Waals surface area (Å²) in [6.07, 6.45) is -8.19. The summed E-state index contributed by atoms with van der Waals surface area (Å²) >= 11 is 11.5. The lowest BCUT2D eigenvalue weighted by molar-refractivity contribution is -0.383. The zero-order chi connectivity index (χ0) is 28.3. The molecule has 0 fully saturated rings. The van der Waals surface area contributed by atoms with Crippen LogP contribution < -0.4 is 11.1 Å². The fourth-order valence-electron chi connectivity index (χ4n) is 2.61. The lowest BCUT2D eigenvalue weighted by Crippen LogP contribution is -2.27. The second-order valence-corrected chi connectivity index (χ2v) is 8.09. The number of nitrogens with one attached hydrogen (secondary N) is 1. The van der Waals surface area contributed by atoms with Crippen LogP contribution in [0, 0.1) is 10.1 Å². The molecular formula is C20H16Cl2F6N6O3. The molecule has 17 heteroatoms. The topological polar surface area (TPSA) is 119 Å². The predicted molar refractivity (Wildman–Crippen MR) is 124 cm³/mol. The van der Waals surface area contributed by atoms with Crippen LogP contribution in [0.1, 0.15) is 11.1 Å². The highest BCUT2D eigenvalue weighted by Gasteiger charge is 2.33. The Labute approximate surface area is 214 Å². The number of rotatable bonds is 3. The molecule has 0 radical (unpaired) electrons. The summed E-state index contributed by atoms with van der Waals surface area (Å²) in [5, 5.41) is 15.9. The first-order chi connectivity index (χ1) is 16.9. The number of carbonyl (C=O) groups is 1. The zero-order valence-corrected chi connectivity index (χ0v) is 20.2. The Morgan fingerprint density at radius 1 is 1.05 bits per heavy atom. The molecule has 1 aromatic heterocycles. The van der Waals surface area contributed by atoms with Gasteiger partial charge in [-0.2, -0.15) is 31.4 Å². The number of nitrogen functional groups attached to an aromatic ring is 1. The van der Waals surface area contributed by atoms with E-state index in [9.17, 15) is 41.3 Å². The third-order valence-corrected chi connectivity index (χ3v) is 4.96. The van der Waals surface area contributed by atoms with Gasteiger partial charge in [0.15, 0.2) is 0 Å². The fraction of sp³-hybridized carbons (Fsp3) is 0.200. The molecule has 200 valence electrons. The summed E-state index contributed by atoms with van der Waals surface area (Å²) in [4.78, 5) is 22.3. The lowest BCUT2D eigenvalue weighted by Gasteiger charge is -2.13. The van der Waals surface area contributed by atoms with E-state index in [-0.39, 0.29) is 21.4 Å². The maximum Gasteiger partial charge on any atom is 0.416 e. The molecule has 0 bridgehead atoms. The quantitative estimate of drug-likeness (QED) is 0.211. The predicted octanol–water partition coefficient (Wildman–Crippen LogP) is 6.49. The maximum atomic E-state index is 12.6. The molecule has 0 spiro atoms. The number of nitrogens with two attached hydrogens (primary N) is 1. The molecule has 2 amide bonds. The molecule has 2 aromatic carbocycles. The number of benzene rings is 2. The van der Waals surface area contributed by atoms with Crippen molar-refractivity contribution in [2.24, 2.45) is 0 Å². The van der Waals surface area contributed by atoms with Crippen LogP contribution in [0.2, 0.25) is 10.0 Å². The van der Waals surface area contributed by atoms with E-state index in [1.165, 1.54) is 31.1 Å². The molecule has 3 N–H and O–H groups in total. The van der Waals surface area contributed by atoms with Crippen LogP contribution in [0.4, 0.5) is 48.3 Å². The van der Waals surface area contributed by atoms with Crippen LogP contribution in [0.25, 0.3) is 5.69 Å². The van der Waals surface area contributed by atoms with Gasteiger partial charge in [-0.15, -0.1) is 0 Å². The summed E-state index contributed by atoms with van der Waals surface area (Å²) in [5.41, 5.74) is 3.11. The first-order valence-electron chi connectivity index (χ1n) is 9.63. The van der Waals surface area contributed by atoms with Crippen molar-refractivity contribution in [1.82, 2.24) is 14.7 Å². The van der Waals surface area contributed by atoms with Crippen molar-refractivity contribution in [3.8, 4) is 5.69 Å². The minimum atomic E-state index is -4.63. The van der Waals surface area contributed by atoms with Crippen LogP contribution >= 0.6 is 23.2 Å². The van der Waals surface area contributed by atoms with Crippen molar-refractivity contribution in [1.29, 1.82) is 0 Å². The molecule has 1 heterocycles. The Hall–Kier alpha value is -3.72. The van der Waals surface area contributed by atoms with Gasteiger partial charge in [-0.25, -0.2) is 9.48 Å². The van der Waals surface area contributed by atoms with E-state index in [1.54, 1.807) is 0 Å². The Balaban J connectivity index is 0.000000271. The number of halogens is 8. The molecule has 3 rings (SSSR count). The van der Waals surface area contributed by atoms with Gasteiger partial charge in [0.1, 0.15) is 11.9 Å². The number of urea groups is 1. The molecule has 0 aliphatic rings. The van der Waals surface area contributed by atoms with E-state index in [4.69, 9.17) is 28.9 Å². The molecule has 9 nitrogen and oxygen atoms in total. The van der Waals surface area contributed by atoms with Gasteiger partial charge < -0.3 is 16.0 Å². The van der Waals surface area contributed by atoms with E-state index >= 15 is 0 Å². The number of nitrogens with zero attached hydrogens (tertiary/aromatic N) is 4. The minimum absolute atomic E-state index is 0.119. The smallest absolute Gasteiger partial charge is 0.378 e. The monoisotopic (exact) mass is 572 g/mol. The van der Waals surface area contributed by atoms with Crippen molar-refractivity contribution < 1.29 is 36.1 Å². The van der Waals surface area contributed by atoms with Crippen molar-refractivity contribution in [2.75, 3.05) is 25.1 Å². The third-order valence-electron chi connectivity index (χ3n) is 4.39. The molecule has 37 heavy (non-hydrogen) atoms. The Bertz CT molecular complexity index is 1290. The average molecular weight is 573 g/mol. The van der Waals surface area contributed by atoms with Gasteiger partial charge in [0.25, 0.3) is 0 Å². The number of hydrogen-bond acceptors (Lipinski definition) is 5. The van der Waals surface area contributed by atoms with Gasteiger partial charge in [-0.3, -0.25) is 10.1 Å². The third kappa shape index (κ3) is 7.39. The molecule has 0 saturated carbocycles. The van der Waals surface area contributed by atoms with E-state index in [1.807, 2.05) is 0 Å². The minimum Gasteiger partial charge on any atom is -0.378 e. The van der Waals surface area contributed by atoms with Gasteiger partial charge in [-0.1, -0.05) is 29.3 Å². The van der Waals surface area contributed by atoms with Gasteiger partial charge in [0.2, 0.25) is 5.82 Å². The van der Waals surface area contributed by atoms with Crippen molar-refractivity contribution in [2.45, 2.75) is 12.4 Å². The number of nitro groups is 1. The molecule has 0 saturated heterocycles. The van der Waals surface area contributed by atoms with Gasteiger partial charge in [0, 0.05) is 19.8 Å². The molecular weight excluding hydrogens is 557 g/mol. The van der Waals surface area contributed by atoms with Crippen LogP contribution in [0.5, 0.6) is 0 Å². The average Bonchev–Trinajstić information content (AvgIpc) is 3.14. The summed E-state index contributed by atoms with van der Waals surface area (Å²) in [6, 6.07) is 5.28. The molecule has 0 atom stereocenters. The number of amides is 2. The highest BCUT2D eigenvalue weighted by molar-refractivity contribution is 6.38. The molecule has 3 aromatic rings. The van der Waals surface area contributed by atoms with Crippen molar-refractivity contribution in [3.63, 3.8) is 0 Å². The van der Waals surface area contributed by atoms with Gasteiger partial charge >= 0.3 is 24.1 Å². The second-order valence-electron chi connectivity index (χ2n) is 7.27. The van der Waals surface area contributed by atoms with Crippen LogP contribution in [0.15, 0.2) is 42.6 Å². The lowest BCUT2D eigenvalue weighted by atomic mass is 10.2. The van der Waals surface area contributed by atoms with E-state index < -0.39 is 45.9 Å². The Morgan fingerprint density at radius 2 is 1.59 bits per heavy atom. The van der Waals surface area contributed by atoms with Crippen LogP contribution in [-0.4, -0.2) is 39.7 Å². The normalized spacial score (nSPS) is 11.4. The molecule has 0 aliphatic heterocycles. The van der Waals surface area contributed by atoms with E-state index in [0.29, 0.717) is 12.1 Å². The highest BCUT2D eigenvalue weighted by atomic mass is 35.5. The first kappa shape index (κ1) is 29.5. The fourth-order valence-corrected chi connectivity index (χ4v) is 3.26. The highest BCUT2D eigenvalue weighted by Crippen LogP contribution is 2.39. The van der Waals surface area contributed by atoms with Crippen LogP contribution in [-0.2, 0) is 12.4 Å². The van der Waals surface area contributed by atoms with Crippen molar-refractivity contribution >= 4 is 46.4 Å². The van der Waals surface area contributed by atoms with E-state index in [0.717, 1.165) is 23.0 Å². The van der Waals surface area contributed by atoms with Gasteiger partial charge in [0.05, 0.1) is 26.1 Å². The SMILES string of the molecule is CN(C)C(=O)Nc1cccc(C(F)(F)F)c1.Nc1c([N+](=O)[O-])cnn1-c1c(Cl)cc(C(F)(F)F)cc1Cl. The summed E-state index contributed by atoms with van der Waals surface area (Å²) < 4.78 is 75.7. The van der Waals surface area contributed by atoms with Crippen molar-refractivity contribution in [3.05, 3.63) is 73.9 Å². The number of carbonyl (C=O) groups excluding carboxylic acids is 1. The Kier molecular flexibility index (Phi) is 8.87. The molecule has 0 unspecified atom stereocenters. The summed E-state index contributed by atoms with van der Waals surface area (Å²) in [5.74, 6) is -0.399. The summed E-state index contributed by atoms with van der Waals surface area (Å²) in [7, 11) is 3.01. The standard InChI is InChI=1S/C10H5Cl2F3N4O2.C10H11F3N2O/c11-5-1-4(10(13,14)15)2-6(12)8(5)18-9(16)7(3-17-18)19(20)21;1-15(2)9(16)14-8-5-3-4-7(6-8)10(11,12)13/h1-3H,16H2;3-6H,1-2H3,(H,14,16). The number of aromatic nitrogens is 2. The maximum absolute atomic E-state index is 12.6.